The minimum atomic E-state index is -0.198. The molecule has 1 saturated heterocycles. The second-order valence-electron chi connectivity index (χ2n) is 7.01. The summed E-state index contributed by atoms with van der Waals surface area (Å²) < 4.78 is 13.0. The van der Waals surface area contributed by atoms with Crippen LogP contribution >= 0.6 is 24.0 Å². The molecule has 1 N–H and O–H groups in total. The van der Waals surface area contributed by atoms with E-state index in [1.807, 2.05) is 26.2 Å². The largest absolute Gasteiger partial charge is 0.356 e. The van der Waals surface area contributed by atoms with Crippen LogP contribution in [0.3, 0.4) is 0 Å². The van der Waals surface area contributed by atoms with Crippen molar-refractivity contribution in [2.24, 2.45) is 10.9 Å². The molecule has 25 heavy (non-hydrogen) atoms. The van der Waals surface area contributed by atoms with Gasteiger partial charge in [-0.05, 0) is 56.8 Å². The van der Waals surface area contributed by atoms with Gasteiger partial charge in [0.05, 0.1) is 0 Å². The summed E-state index contributed by atoms with van der Waals surface area (Å²) in [6, 6.07) is 7.26. The van der Waals surface area contributed by atoms with Crippen molar-refractivity contribution >= 4 is 29.9 Å². The lowest BCUT2D eigenvalue weighted by Crippen LogP contribution is -2.46. The van der Waals surface area contributed by atoms with Crippen molar-refractivity contribution in [3.05, 3.63) is 35.6 Å². The molecule has 0 radical (unpaired) electrons. The minimum absolute atomic E-state index is 0. The van der Waals surface area contributed by atoms with E-state index in [1.54, 1.807) is 0 Å². The molecule has 0 saturated carbocycles. The molecule has 6 heteroatoms. The molecule has 1 unspecified atom stereocenters. The van der Waals surface area contributed by atoms with Crippen LogP contribution in [0.4, 0.5) is 4.39 Å². The maximum absolute atomic E-state index is 13.0. The van der Waals surface area contributed by atoms with Crippen LogP contribution in [0, 0.1) is 11.7 Å². The Labute approximate surface area is 168 Å². The molecule has 1 atom stereocenters. The molecule has 2 rings (SSSR count). The van der Waals surface area contributed by atoms with E-state index in [1.165, 1.54) is 31.5 Å². The van der Waals surface area contributed by atoms with Crippen molar-refractivity contribution in [3.63, 3.8) is 0 Å². The number of halogens is 2. The predicted molar refractivity (Wildman–Crippen MR) is 114 cm³/mol. The molecule has 1 aliphatic rings. The van der Waals surface area contributed by atoms with E-state index in [0.717, 1.165) is 24.6 Å². The van der Waals surface area contributed by atoms with Gasteiger partial charge in [-0.3, -0.25) is 4.99 Å². The lowest BCUT2D eigenvalue weighted by Gasteiger charge is -2.36. The van der Waals surface area contributed by atoms with Crippen LogP contribution in [-0.4, -0.2) is 55.5 Å². The second-order valence-corrected chi connectivity index (χ2v) is 7.01. The van der Waals surface area contributed by atoms with Crippen LogP contribution in [-0.2, 0) is 6.54 Å². The van der Waals surface area contributed by atoms with Crippen molar-refractivity contribution in [2.75, 3.05) is 33.7 Å². The Hall–Kier alpha value is -0.890. The molecule has 1 heterocycles. The Bertz CT molecular complexity index is 533. The van der Waals surface area contributed by atoms with Gasteiger partial charge < -0.3 is 15.1 Å². The predicted octanol–water partition coefficient (Wildman–Crippen LogP) is 3.57. The molecule has 1 fully saturated rings. The maximum atomic E-state index is 13.0. The maximum Gasteiger partial charge on any atom is 0.193 e. The number of guanidine groups is 1. The number of aliphatic imine (C=N–C) groups is 1. The van der Waals surface area contributed by atoms with Crippen molar-refractivity contribution in [2.45, 2.75) is 39.3 Å². The summed E-state index contributed by atoms with van der Waals surface area (Å²) >= 11 is 0. The van der Waals surface area contributed by atoms with Crippen LogP contribution in [0.25, 0.3) is 0 Å². The summed E-state index contributed by atoms with van der Waals surface area (Å²) in [6.07, 6.45) is 2.55. The molecule has 1 aromatic rings. The fraction of sp³-hybridized carbons (Fsp3) is 0.632. The highest BCUT2D eigenvalue weighted by Crippen LogP contribution is 2.17. The molecular formula is C19H32FIN4. The van der Waals surface area contributed by atoms with Gasteiger partial charge in [0.25, 0.3) is 0 Å². The Kier molecular flexibility index (Phi) is 9.71. The average molecular weight is 462 g/mol. The summed E-state index contributed by atoms with van der Waals surface area (Å²) in [4.78, 5) is 9.02. The number of hydrogen-bond acceptors (Lipinski definition) is 2. The first-order valence-corrected chi connectivity index (χ1v) is 8.90. The average Bonchev–Trinajstić information content (AvgIpc) is 2.57. The summed E-state index contributed by atoms with van der Waals surface area (Å²) in [6.45, 7) is 8.57. The number of likely N-dealkylation sites (tertiary alicyclic amines) is 1. The molecular weight excluding hydrogens is 430 g/mol. The number of hydrogen-bond donors (Lipinski definition) is 1. The van der Waals surface area contributed by atoms with E-state index in [2.05, 4.69) is 34.0 Å². The lowest BCUT2D eigenvalue weighted by atomic mass is 9.97. The third-order valence-electron chi connectivity index (χ3n) is 4.74. The van der Waals surface area contributed by atoms with Gasteiger partial charge in [-0.1, -0.05) is 12.1 Å². The van der Waals surface area contributed by atoms with E-state index >= 15 is 0 Å². The van der Waals surface area contributed by atoms with Gasteiger partial charge in [-0.2, -0.15) is 0 Å². The number of nitrogens with zero attached hydrogens (tertiary/aromatic N) is 3. The Morgan fingerprint density at radius 3 is 2.64 bits per heavy atom. The van der Waals surface area contributed by atoms with Crippen molar-refractivity contribution in [1.29, 1.82) is 0 Å². The third kappa shape index (κ3) is 7.09. The highest BCUT2D eigenvalue weighted by Gasteiger charge is 2.22. The van der Waals surface area contributed by atoms with E-state index in [0.29, 0.717) is 18.5 Å². The number of benzene rings is 1. The second kappa shape index (κ2) is 11.0. The summed E-state index contributed by atoms with van der Waals surface area (Å²) in [5.41, 5.74) is 1.07. The molecule has 0 aliphatic carbocycles. The van der Waals surface area contributed by atoms with Crippen LogP contribution in [0.15, 0.2) is 29.3 Å². The van der Waals surface area contributed by atoms with Crippen molar-refractivity contribution < 1.29 is 4.39 Å². The van der Waals surface area contributed by atoms with Gasteiger partial charge in [0.2, 0.25) is 0 Å². The van der Waals surface area contributed by atoms with Crippen LogP contribution in [0.1, 0.15) is 32.3 Å². The van der Waals surface area contributed by atoms with Gasteiger partial charge >= 0.3 is 0 Å². The Morgan fingerprint density at radius 2 is 2.04 bits per heavy atom. The SMILES string of the molecule is CN=C(NCC1CCCN(C(C)C)C1)N(C)Cc1ccc(F)cc1.I. The lowest BCUT2D eigenvalue weighted by molar-refractivity contribution is 0.140. The molecule has 1 aromatic carbocycles. The van der Waals surface area contributed by atoms with Gasteiger partial charge in [0.15, 0.2) is 5.96 Å². The number of piperidine rings is 1. The highest BCUT2D eigenvalue weighted by molar-refractivity contribution is 14.0. The number of rotatable bonds is 5. The molecule has 0 spiro atoms. The fourth-order valence-electron chi connectivity index (χ4n) is 3.29. The van der Waals surface area contributed by atoms with E-state index < -0.39 is 0 Å². The number of nitrogens with one attached hydrogen (secondary N) is 1. The fourth-order valence-corrected chi connectivity index (χ4v) is 3.29. The van der Waals surface area contributed by atoms with Gasteiger partial charge in [0, 0.05) is 39.8 Å². The zero-order valence-electron chi connectivity index (χ0n) is 15.8. The van der Waals surface area contributed by atoms with E-state index in [9.17, 15) is 4.39 Å². The standard InChI is InChI=1S/C19H31FN4.HI/c1-15(2)24-11-5-6-17(14-24)12-22-19(21-3)23(4)13-16-7-9-18(20)10-8-16;/h7-10,15,17H,5-6,11-14H2,1-4H3,(H,21,22);1H. The van der Waals surface area contributed by atoms with Crippen LogP contribution in [0.5, 0.6) is 0 Å². The third-order valence-corrected chi connectivity index (χ3v) is 4.74. The monoisotopic (exact) mass is 462 g/mol. The summed E-state index contributed by atoms with van der Waals surface area (Å²) in [5.74, 6) is 1.36. The first-order valence-electron chi connectivity index (χ1n) is 8.90. The molecule has 0 amide bonds. The first kappa shape index (κ1) is 22.2. The zero-order valence-corrected chi connectivity index (χ0v) is 18.2. The molecule has 0 bridgehead atoms. The van der Waals surface area contributed by atoms with Crippen molar-refractivity contribution in [1.82, 2.24) is 15.1 Å². The molecule has 1 aliphatic heterocycles. The van der Waals surface area contributed by atoms with Crippen LogP contribution < -0.4 is 5.32 Å². The topological polar surface area (TPSA) is 30.9 Å². The molecule has 4 nitrogen and oxygen atoms in total. The van der Waals surface area contributed by atoms with E-state index in [4.69, 9.17) is 0 Å². The van der Waals surface area contributed by atoms with Crippen LogP contribution in [0.2, 0.25) is 0 Å². The Balaban J connectivity index is 0.00000312. The van der Waals surface area contributed by atoms with E-state index in [-0.39, 0.29) is 29.8 Å². The minimum Gasteiger partial charge on any atom is -0.356 e. The van der Waals surface area contributed by atoms with Gasteiger partial charge in [0.1, 0.15) is 5.82 Å². The zero-order chi connectivity index (χ0) is 17.5. The normalized spacial score (nSPS) is 18.8. The molecule has 0 aromatic heterocycles. The highest BCUT2D eigenvalue weighted by atomic mass is 127. The van der Waals surface area contributed by atoms with Gasteiger partial charge in [-0.15, -0.1) is 24.0 Å². The first-order chi connectivity index (χ1) is 11.5. The van der Waals surface area contributed by atoms with Crippen molar-refractivity contribution in [3.8, 4) is 0 Å². The summed E-state index contributed by atoms with van der Waals surface area (Å²) in [5, 5.41) is 3.51. The Morgan fingerprint density at radius 1 is 1.36 bits per heavy atom. The quantitative estimate of drug-likeness (QED) is 0.413. The molecule has 142 valence electrons. The smallest absolute Gasteiger partial charge is 0.193 e. The van der Waals surface area contributed by atoms with Gasteiger partial charge in [-0.25, -0.2) is 4.39 Å². The summed E-state index contributed by atoms with van der Waals surface area (Å²) in [7, 11) is 3.82.